The van der Waals surface area contributed by atoms with Crippen LogP contribution in [0.1, 0.15) is 13.3 Å². The average Bonchev–Trinajstić information content (AvgIpc) is 3.22. The summed E-state index contributed by atoms with van der Waals surface area (Å²) in [4.78, 5) is 20.8. The molecule has 1 aromatic carbocycles. The van der Waals surface area contributed by atoms with Gasteiger partial charge in [0.15, 0.2) is 0 Å². The Hall–Kier alpha value is -2.38. The largest absolute Gasteiger partial charge is 0.497 e. The summed E-state index contributed by atoms with van der Waals surface area (Å²) in [6.07, 6.45) is 0.666. The van der Waals surface area contributed by atoms with Gasteiger partial charge in [0, 0.05) is 36.7 Å². The molecule has 0 saturated heterocycles. The van der Waals surface area contributed by atoms with Crippen molar-refractivity contribution in [3.05, 3.63) is 40.0 Å². The maximum atomic E-state index is 13.2. The first-order valence-electron chi connectivity index (χ1n) is 8.68. The van der Waals surface area contributed by atoms with Gasteiger partial charge < -0.3 is 14.7 Å². The zero-order valence-corrected chi connectivity index (χ0v) is 15.6. The number of ether oxygens (including phenoxy) is 1. The second kappa shape index (κ2) is 6.74. The van der Waals surface area contributed by atoms with Crippen LogP contribution in [0.15, 0.2) is 34.4 Å². The molecular weight excluding hydrogens is 350 g/mol. The van der Waals surface area contributed by atoms with Crippen molar-refractivity contribution in [3.8, 4) is 16.9 Å². The Morgan fingerprint density at radius 3 is 2.81 bits per heavy atom. The number of aromatic nitrogens is 2. The van der Waals surface area contributed by atoms with Gasteiger partial charge in [0.2, 0.25) is 5.95 Å². The number of methoxy groups -OCH3 is 1. The molecule has 1 atom stereocenters. The lowest BCUT2D eigenvalue weighted by Crippen LogP contribution is -2.31. The highest BCUT2D eigenvalue weighted by Crippen LogP contribution is 2.34. The van der Waals surface area contributed by atoms with Crippen LogP contribution in [0.5, 0.6) is 5.75 Å². The SMILES string of the molecule is COc1ccc(-c2csc3nc4n(c(=O)c23)C[C@@H](C)N4CCCO)cc1. The Balaban J connectivity index is 1.83. The highest BCUT2D eigenvalue weighted by atomic mass is 32.1. The van der Waals surface area contributed by atoms with Crippen molar-refractivity contribution in [1.29, 1.82) is 0 Å². The lowest BCUT2D eigenvalue weighted by atomic mass is 10.1. The zero-order chi connectivity index (χ0) is 18.3. The summed E-state index contributed by atoms with van der Waals surface area (Å²) in [5, 5.41) is 11.8. The molecule has 0 saturated carbocycles. The minimum Gasteiger partial charge on any atom is -0.497 e. The fourth-order valence-electron chi connectivity index (χ4n) is 3.50. The monoisotopic (exact) mass is 371 g/mol. The average molecular weight is 371 g/mol. The van der Waals surface area contributed by atoms with Crippen molar-refractivity contribution in [2.45, 2.75) is 25.9 Å². The molecule has 0 amide bonds. The molecule has 1 aliphatic heterocycles. The highest BCUT2D eigenvalue weighted by molar-refractivity contribution is 7.17. The van der Waals surface area contributed by atoms with E-state index in [9.17, 15) is 4.79 Å². The lowest BCUT2D eigenvalue weighted by molar-refractivity contribution is 0.288. The topological polar surface area (TPSA) is 67.6 Å². The molecule has 2 aromatic heterocycles. The number of thiophene rings is 1. The van der Waals surface area contributed by atoms with Crippen molar-refractivity contribution in [1.82, 2.24) is 9.55 Å². The molecular formula is C19H21N3O3S. The van der Waals surface area contributed by atoms with Crippen molar-refractivity contribution in [2.24, 2.45) is 0 Å². The Labute approximate surface area is 155 Å². The number of fused-ring (bicyclic) bond motifs is 2. The standard InChI is InChI=1S/C19H21N3O3S/c1-12-10-22-18(24)16-15(13-4-6-14(25-2)7-5-13)11-26-17(16)20-19(22)21(12)8-3-9-23/h4-7,11-12,23H,3,8-10H2,1-2H3/t12-/m1/s1. The van der Waals surface area contributed by atoms with Crippen LogP contribution in [-0.2, 0) is 6.54 Å². The fourth-order valence-corrected chi connectivity index (χ4v) is 4.43. The summed E-state index contributed by atoms with van der Waals surface area (Å²) in [6.45, 7) is 3.55. The maximum Gasteiger partial charge on any atom is 0.264 e. The van der Waals surface area contributed by atoms with Crippen molar-refractivity contribution < 1.29 is 9.84 Å². The molecule has 4 rings (SSSR count). The van der Waals surface area contributed by atoms with Crippen LogP contribution in [-0.4, -0.2) is 41.0 Å². The number of hydrogen-bond donors (Lipinski definition) is 1. The van der Waals surface area contributed by atoms with E-state index in [1.54, 1.807) is 11.7 Å². The highest BCUT2D eigenvalue weighted by Gasteiger charge is 2.30. The Morgan fingerprint density at radius 1 is 1.35 bits per heavy atom. The summed E-state index contributed by atoms with van der Waals surface area (Å²) in [5.74, 6) is 1.50. The third kappa shape index (κ3) is 2.68. The Morgan fingerprint density at radius 2 is 2.12 bits per heavy atom. The molecule has 0 radical (unpaired) electrons. The van der Waals surface area contributed by atoms with Gasteiger partial charge in [-0.2, -0.15) is 0 Å². The first kappa shape index (κ1) is 17.1. The van der Waals surface area contributed by atoms with Crippen LogP contribution < -0.4 is 15.2 Å². The van der Waals surface area contributed by atoms with E-state index in [1.165, 1.54) is 11.3 Å². The molecule has 7 heteroatoms. The van der Waals surface area contributed by atoms with Gasteiger partial charge in [-0.05, 0) is 31.0 Å². The van der Waals surface area contributed by atoms with E-state index in [0.29, 0.717) is 30.8 Å². The van der Waals surface area contributed by atoms with Crippen molar-refractivity contribution in [2.75, 3.05) is 25.2 Å². The van der Waals surface area contributed by atoms with Crippen LogP contribution in [0.25, 0.3) is 21.3 Å². The van der Waals surface area contributed by atoms with Crippen molar-refractivity contribution >= 4 is 27.5 Å². The molecule has 6 nitrogen and oxygen atoms in total. The predicted molar refractivity (Wildman–Crippen MR) is 104 cm³/mol. The molecule has 3 heterocycles. The Kier molecular flexibility index (Phi) is 4.42. The summed E-state index contributed by atoms with van der Waals surface area (Å²) in [7, 11) is 1.64. The first-order chi connectivity index (χ1) is 12.6. The number of aliphatic hydroxyl groups is 1. The van der Waals surface area contributed by atoms with Gasteiger partial charge in [-0.3, -0.25) is 9.36 Å². The van der Waals surface area contributed by atoms with Gasteiger partial charge in [0.25, 0.3) is 5.56 Å². The Bertz CT molecular complexity index is 994. The molecule has 1 N–H and O–H groups in total. The fraction of sp³-hybridized carbons (Fsp3) is 0.368. The number of nitrogens with zero attached hydrogens (tertiary/aromatic N) is 3. The third-order valence-electron chi connectivity index (χ3n) is 4.87. The molecule has 1 aliphatic rings. The second-order valence-electron chi connectivity index (χ2n) is 6.51. The van der Waals surface area contributed by atoms with Crippen LogP contribution in [0, 0.1) is 0 Å². The summed E-state index contributed by atoms with van der Waals surface area (Å²) >= 11 is 1.49. The molecule has 136 valence electrons. The van der Waals surface area contributed by atoms with Gasteiger partial charge in [0.05, 0.1) is 12.5 Å². The number of rotatable bonds is 5. The van der Waals surface area contributed by atoms with Crippen LogP contribution in [0.2, 0.25) is 0 Å². The lowest BCUT2D eigenvalue weighted by Gasteiger charge is -2.21. The van der Waals surface area contributed by atoms with E-state index in [-0.39, 0.29) is 18.2 Å². The van der Waals surface area contributed by atoms with Gasteiger partial charge >= 0.3 is 0 Å². The van der Waals surface area contributed by atoms with E-state index in [2.05, 4.69) is 11.8 Å². The maximum absolute atomic E-state index is 13.2. The molecule has 3 aromatic rings. The van der Waals surface area contributed by atoms with Crippen LogP contribution in [0.3, 0.4) is 0 Å². The molecule has 0 aliphatic carbocycles. The normalized spacial score (nSPS) is 16.3. The first-order valence-corrected chi connectivity index (χ1v) is 9.56. The summed E-state index contributed by atoms with van der Waals surface area (Å²) in [5.41, 5.74) is 1.91. The van der Waals surface area contributed by atoms with Gasteiger partial charge in [-0.1, -0.05) is 12.1 Å². The van der Waals surface area contributed by atoms with E-state index in [0.717, 1.165) is 21.7 Å². The van der Waals surface area contributed by atoms with Crippen molar-refractivity contribution in [3.63, 3.8) is 0 Å². The third-order valence-corrected chi connectivity index (χ3v) is 5.74. The smallest absolute Gasteiger partial charge is 0.264 e. The van der Waals surface area contributed by atoms with E-state index in [4.69, 9.17) is 14.8 Å². The molecule has 0 spiro atoms. The number of anilines is 1. The zero-order valence-electron chi connectivity index (χ0n) is 14.8. The van der Waals surface area contributed by atoms with Gasteiger partial charge in [-0.15, -0.1) is 11.3 Å². The minimum atomic E-state index is 0.00964. The van der Waals surface area contributed by atoms with E-state index < -0.39 is 0 Å². The van der Waals surface area contributed by atoms with E-state index in [1.807, 2.05) is 29.6 Å². The van der Waals surface area contributed by atoms with Crippen LogP contribution in [0.4, 0.5) is 5.95 Å². The summed E-state index contributed by atoms with van der Waals surface area (Å²) < 4.78 is 6.98. The van der Waals surface area contributed by atoms with Gasteiger partial charge in [0.1, 0.15) is 10.6 Å². The van der Waals surface area contributed by atoms with Crippen LogP contribution >= 0.6 is 11.3 Å². The second-order valence-corrected chi connectivity index (χ2v) is 7.36. The molecule has 26 heavy (non-hydrogen) atoms. The molecule has 0 unspecified atom stereocenters. The number of benzene rings is 1. The quantitative estimate of drug-likeness (QED) is 0.747. The summed E-state index contributed by atoms with van der Waals surface area (Å²) in [6, 6.07) is 7.93. The molecule has 0 bridgehead atoms. The number of aliphatic hydroxyl groups excluding tert-OH is 1. The number of hydrogen-bond acceptors (Lipinski definition) is 6. The molecule has 0 fully saturated rings. The van der Waals surface area contributed by atoms with E-state index >= 15 is 0 Å². The minimum absolute atomic E-state index is 0.00964. The predicted octanol–water partition coefficient (Wildman–Crippen LogP) is 2.72. The van der Waals surface area contributed by atoms with Gasteiger partial charge in [-0.25, -0.2) is 4.98 Å².